The highest BCUT2D eigenvalue weighted by Gasteiger charge is 1.90. The molecule has 0 spiro atoms. The number of hydrogen-bond acceptors (Lipinski definition) is 2. The third-order valence-electron chi connectivity index (χ3n) is 1.94. The molecular formula is C12H16N2. The van der Waals surface area contributed by atoms with Crippen molar-refractivity contribution < 1.29 is 0 Å². The monoisotopic (exact) mass is 188 g/mol. The van der Waals surface area contributed by atoms with Crippen LogP contribution in [0.25, 0.3) is 0 Å². The summed E-state index contributed by atoms with van der Waals surface area (Å²) in [5, 5.41) is 3.35. The van der Waals surface area contributed by atoms with E-state index in [1.54, 1.807) is 0 Å². The zero-order chi connectivity index (χ0) is 10.1. The van der Waals surface area contributed by atoms with E-state index in [2.05, 4.69) is 22.1 Å². The van der Waals surface area contributed by atoms with Crippen molar-refractivity contribution in [2.24, 2.45) is 0 Å². The third kappa shape index (κ3) is 4.64. The van der Waals surface area contributed by atoms with Crippen LogP contribution in [-0.4, -0.2) is 18.1 Å². The molecule has 2 heteroatoms. The van der Waals surface area contributed by atoms with Crippen LogP contribution in [0.4, 0.5) is 0 Å². The van der Waals surface area contributed by atoms with Crippen molar-refractivity contribution >= 4 is 0 Å². The molecule has 0 aliphatic rings. The van der Waals surface area contributed by atoms with E-state index in [0.29, 0.717) is 0 Å². The second kappa shape index (κ2) is 7.11. The number of nitrogens with one attached hydrogen (secondary N) is 1. The maximum atomic E-state index is 3.98. The zero-order valence-electron chi connectivity index (χ0n) is 8.59. The summed E-state index contributed by atoms with van der Waals surface area (Å²) >= 11 is 0. The maximum Gasteiger partial charge on any atom is 0.0270 e. The average Bonchev–Trinajstić information content (AvgIpc) is 2.25. The summed E-state index contributed by atoms with van der Waals surface area (Å²) in [6.07, 6.45) is 5.66. The minimum Gasteiger partial charge on any atom is -0.315 e. The van der Waals surface area contributed by atoms with Crippen LogP contribution in [0.15, 0.2) is 24.5 Å². The summed E-state index contributed by atoms with van der Waals surface area (Å²) < 4.78 is 0. The lowest BCUT2D eigenvalue weighted by Gasteiger charge is -2.01. The molecule has 0 saturated heterocycles. The Labute approximate surface area is 85.8 Å². The van der Waals surface area contributed by atoms with Crippen LogP contribution >= 0.6 is 0 Å². The van der Waals surface area contributed by atoms with Gasteiger partial charge in [-0.2, -0.15) is 0 Å². The number of aromatic nitrogens is 1. The van der Waals surface area contributed by atoms with Crippen molar-refractivity contribution in [1.29, 1.82) is 0 Å². The van der Waals surface area contributed by atoms with Gasteiger partial charge in [0.2, 0.25) is 0 Å². The fourth-order valence-electron chi connectivity index (χ4n) is 1.18. The zero-order valence-corrected chi connectivity index (χ0v) is 8.59. The van der Waals surface area contributed by atoms with E-state index in [0.717, 1.165) is 25.9 Å². The first-order valence-electron chi connectivity index (χ1n) is 4.92. The molecule has 0 bridgehead atoms. The largest absolute Gasteiger partial charge is 0.315 e. The van der Waals surface area contributed by atoms with E-state index in [1.807, 2.05) is 31.5 Å². The molecule has 1 rings (SSSR count). The summed E-state index contributed by atoms with van der Waals surface area (Å²) in [6, 6.07) is 4.10. The van der Waals surface area contributed by atoms with Gasteiger partial charge in [0.15, 0.2) is 0 Å². The second-order valence-electron chi connectivity index (χ2n) is 3.03. The van der Waals surface area contributed by atoms with Crippen LogP contribution in [0.1, 0.15) is 18.9 Å². The quantitative estimate of drug-likeness (QED) is 0.561. The van der Waals surface area contributed by atoms with E-state index in [-0.39, 0.29) is 0 Å². The molecule has 1 heterocycles. The minimum atomic E-state index is 0.937. The van der Waals surface area contributed by atoms with Gasteiger partial charge in [0.1, 0.15) is 0 Å². The Bertz CT molecular complexity index is 295. The molecule has 0 aromatic carbocycles. The van der Waals surface area contributed by atoms with Gasteiger partial charge in [-0.3, -0.25) is 4.98 Å². The van der Waals surface area contributed by atoms with Gasteiger partial charge in [-0.1, -0.05) is 0 Å². The highest BCUT2D eigenvalue weighted by atomic mass is 14.8. The minimum absolute atomic E-state index is 0.937. The molecular weight excluding hydrogens is 172 g/mol. The molecule has 1 N–H and O–H groups in total. The summed E-state index contributed by atoms with van der Waals surface area (Å²) in [5.41, 5.74) is 1.33. The molecule has 0 saturated carbocycles. The van der Waals surface area contributed by atoms with Crippen LogP contribution in [0.3, 0.4) is 0 Å². The van der Waals surface area contributed by atoms with Crippen molar-refractivity contribution in [2.45, 2.75) is 19.8 Å². The van der Waals surface area contributed by atoms with Crippen molar-refractivity contribution in [2.75, 3.05) is 13.1 Å². The Morgan fingerprint density at radius 1 is 1.29 bits per heavy atom. The van der Waals surface area contributed by atoms with Crippen molar-refractivity contribution in [3.63, 3.8) is 0 Å². The lowest BCUT2D eigenvalue weighted by molar-refractivity contribution is 0.694. The Hall–Kier alpha value is -1.33. The first-order valence-corrected chi connectivity index (χ1v) is 4.92. The third-order valence-corrected chi connectivity index (χ3v) is 1.94. The standard InChI is InChI=1S/C12H16N2/c1-2-3-4-8-13-9-5-12-6-10-14-11-7-12/h6-7,10-11,13H,4-5,8-9H2,1H3. The molecule has 0 aliphatic heterocycles. The molecule has 2 nitrogen and oxygen atoms in total. The predicted molar refractivity (Wildman–Crippen MR) is 58.9 cm³/mol. The van der Waals surface area contributed by atoms with Gasteiger partial charge in [-0.15, -0.1) is 11.8 Å². The smallest absolute Gasteiger partial charge is 0.0270 e. The van der Waals surface area contributed by atoms with E-state index >= 15 is 0 Å². The highest BCUT2D eigenvalue weighted by Crippen LogP contribution is 1.95. The van der Waals surface area contributed by atoms with Crippen molar-refractivity contribution in [3.05, 3.63) is 30.1 Å². The topological polar surface area (TPSA) is 24.9 Å². The van der Waals surface area contributed by atoms with Crippen LogP contribution < -0.4 is 5.32 Å². The van der Waals surface area contributed by atoms with Crippen molar-refractivity contribution in [3.8, 4) is 11.8 Å². The van der Waals surface area contributed by atoms with E-state index in [9.17, 15) is 0 Å². The molecule has 0 aliphatic carbocycles. The maximum absolute atomic E-state index is 3.98. The molecule has 14 heavy (non-hydrogen) atoms. The summed E-state index contributed by atoms with van der Waals surface area (Å²) in [6.45, 7) is 3.86. The van der Waals surface area contributed by atoms with Crippen LogP contribution in [0, 0.1) is 11.8 Å². The lowest BCUT2D eigenvalue weighted by Crippen LogP contribution is -2.18. The lowest BCUT2D eigenvalue weighted by atomic mass is 10.2. The van der Waals surface area contributed by atoms with Gasteiger partial charge < -0.3 is 5.32 Å². The number of hydrogen-bond donors (Lipinski definition) is 1. The van der Waals surface area contributed by atoms with Crippen LogP contribution in [-0.2, 0) is 6.42 Å². The Morgan fingerprint density at radius 2 is 2.07 bits per heavy atom. The number of rotatable bonds is 5. The Balaban J connectivity index is 2.06. The molecule has 0 atom stereocenters. The molecule has 0 radical (unpaired) electrons. The fourth-order valence-corrected chi connectivity index (χ4v) is 1.18. The first-order chi connectivity index (χ1) is 6.93. The van der Waals surface area contributed by atoms with Crippen molar-refractivity contribution in [1.82, 2.24) is 10.3 Å². The average molecular weight is 188 g/mol. The predicted octanol–water partition coefficient (Wildman–Crippen LogP) is 1.63. The van der Waals surface area contributed by atoms with Crippen LogP contribution in [0.2, 0.25) is 0 Å². The Morgan fingerprint density at radius 3 is 2.79 bits per heavy atom. The van der Waals surface area contributed by atoms with Gasteiger partial charge in [0.25, 0.3) is 0 Å². The molecule has 0 fully saturated rings. The van der Waals surface area contributed by atoms with Gasteiger partial charge in [0, 0.05) is 25.4 Å². The summed E-state index contributed by atoms with van der Waals surface area (Å²) in [5.74, 6) is 5.90. The van der Waals surface area contributed by atoms with Crippen LogP contribution in [0.5, 0.6) is 0 Å². The van der Waals surface area contributed by atoms with Gasteiger partial charge in [0.05, 0.1) is 0 Å². The van der Waals surface area contributed by atoms with E-state index < -0.39 is 0 Å². The second-order valence-corrected chi connectivity index (χ2v) is 3.03. The van der Waals surface area contributed by atoms with Gasteiger partial charge in [-0.25, -0.2) is 0 Å². The Kier molecular flexibility index (Phi) is 5.46. The molecule has 1 aromatic heterocycles. The SMILES string of the molecule is CC#CCCNCCc1ccncc1. The van der Waals surface area contributed by atoms with Gasteiger partial charge >= 0.3 is 0 Å². The normalized spacial score (nSPS) is 9.21. The summed E-state index contributed by atoms with van der Waals surface area (Å²) in [4.78, 5) is 3.98. The van der Waals surface area contributed by atoms with E-state index in [4.69, 9.17) is 0 Å². The van der Waals surface area contributed by atoms with E-state index in [1.165, 1.54) is 5.56 Å². The summed E-state index contributed by atoms with van der Waals surface area (Å²) in [7, 11) is 0. The highest BCUT2D eigenvalue weighted by molar-refractivity contribution is 5.09. The molecule has 74 valence electrons. The first kappa shape index (κ1) is 10.7. The molecule has 0 unspecified atom stereocenters. The number of nitrogens with zero attached hydrogens (tertiary/aromatic N) is 1. The fraction of sp³-hybridized carbons (Fsp3) is 0.417. The number of pyridine rings is 1. The molecule has 0 amide bonds. The molecule has 1 aromatic rings. The van der Waals surface area contributed by atoms with Gasteiger partial charge in [-0.05, 0) is 37.6 Å².